The van der Waals surface area contributed by atoms with Gasteiger partial charge in [0.25, 0.3) is 7.82 Å². The van der Waals surface area contributed by atoms with E-state index in [9.17, 15) is 19.0 Å². The molecule has 0 heterocycles. The second kappa shape index (κ2) is 61.1. The van der Waals surface area contributed by atoms with Crippen LogP contribution in [0.1, 0.15) is 342 Å². The number of hydrogen-bond donors (Lipinski definition) is 1. The summed E-state index contributed by atoms with van der Waals surface area (Å²) in [5.74, 6) is -0.530. The Bertz CT molecular complexity index is 1520. The van der Waals surface area contributed by atoms with Crippen molar-refractivity contribution in [2.24, 2.45) is 0 Å². The van der Waals surface area contributed by atoms with E-state index in [4.69, 9.17) is 13.8 Å². The zero-order valence-electron chi connectivity index (χ0n) is 54.5. The zero-order chi connectivity index (χ0) is 59.3. The van der Waals surface area contributed by atoms with Gasteiger partial charge < -0.3 is 28.5 Å². The lowest BCUT2D eigenvalue weighted by Crippen LogP contribution is -2.47. The quantitative estimate of drug-likeness (QED) is 0.0212. The topological polar surface area (TPSA) is 114 Å². The van der Waals surface area contributed by atoms with Gasteiger partial charge >= 0.3 is 5.97 Å². The standard InChI is InChI=1S/C71H135N2O7P/c1-7-10-13-16-19-22-25-27-29-31-33-34-35-36-37-38-40-42-44-46-49-52-55-58-61-64-71(75)80-69(62-59-56-53-50-47-24-21-18-15-12-9-3)68(67-79-81(76,77)78-66-65-73(4,5)6)72-70(74)63-60-57-54-51-48-45-43-41-39-32-30-28-26-23-20-17-14-11-8-2/h19,22,27-30,59,62,68-69H,7-18,20-21,23-26,31-58,60-61,63-67H2,1-6H3,(H-,72,74,76,77)/b22-19-,29-27-,30-28+,62-59-. The average molecular weight is 1160 g/mol. The van der Waals surface area contributed by atoms with Gasteiger partial charge in [-0.1, -0.05) is 288 Å². The summed E-state index contributed by atoms with van der Waals surface area (Å²) < 4.78 is 30.4. The van der Waals surface area contributed by atoms with Crippen molar-refractivity contribution in [3.63, 3.8) is 0 Å². The van der Waals surface area contributed by atoms with Crippen LogP contribution < -0.4 is 10.2 Å². The molecule has 9 nitrogen and oxygen atoms in total. The fourth-order valence-electron chi connectivity index (χ4n) is 10.3. The summed E-state index contributed by atoms with van der Waals surface area (Å²) in [6.45, 7) is 6.85. The molecule has 10 heteroatoms. The zero-order valence-corrected chi connectivity index (χ0v) is 55.4. The third-order valence-electron chi connectivity index (χ3n) is 15.7. The van der Waals surface area contributed by atoms with E-state index < -0.39 is 20.0 Å². The molecule has 0 aliphatic rings. The second-order valence-corrected chi connectivity index (χ2v) is 26.4. The summed E-state index contributed by atoms with van der Waals surface area (Å²) in [4.78, 5) is 40.1. The molecule has 3 unspecified atom stereocenters. The molecule has 0 saturated carbocycles. The van der Waals surface area contributed by atoms with Crippen molar-refractivity contribution in [3.05, 3.63) is 48.6 Å². The number of carbonyl (C=O) groups excluding carboxylic acids is 2. The first-order valence-electron chi connectivity index (χ1n) is 34.9. The number of phosphoric acid groups is 1. The highest BCUT2D eigenvalue weighted by molar-refractivity contribution is 7.45. The van der Waals surface area contributed by atoms with Crippen LogP contribution in [-0.4, -0.2) is 69.4 Å². The van der Waals surface area contributed by atoms with Crippen molar-refractivity contribution >= 4 is 19.7 Å². The number of unbranched alkanes of at least 4 members (excludes halogenated alkanes) is 42. The van der Waals surface area contributed by atoms with Crippen LogP contribution >= 0.6 is 7.82 Å². The predicted octanol–water partition coefficient (Wildman–Crippen LogP) is 21.4. The van der Waals surface area contributed by atoms with Crippen molar-refractivity contribution in [1.29, 1.82) is 0 Å². The number of quaternary nitrogens is 1. The molecule has 0 radical (unpaired) electrons. The van der Waals surface area contributed by atoms with Crippen LogP contribution in [0.2, 0.25) is 0 Å². The van der Waals surface area contributed by atoms with Gasteiger partial charge in [-0.3, -0.25) is 14.2 Å². The van der Waals surface area contributed by atoms with E-state index in [1.807, 2.05) is 33.3 Å². The van der Waals surface area contributed by atoms with Gasteiger partial charge in [-0.05, 0) is 89.5 Å². The minimum Gasteiger partial charge on any atom is -0.756 e. The molecule has 476 valence electrons. The highest BCUT2D eigenvalue weighted by Gasteiger charge is 2.27. The van der Waals surface area contributed by atoms with Crippen molar-refractivity contribution in [3.8, 4) is 0 Å². The summed E-state index contributed by atoms with van der Waals surface area (Å²) in [6.07, 6.45) is 76.6. The molecule has 0 bridgehead atoms. The molecule has 1 N–H and O–H groups in total. The number of allylic oxidation sites excluding steroid dienone is 7. The van der Waals surface area contributed by atoms with Gasteiger partial charge in [0, 0.05) is 12.8 Å². The number of rotatable bonds is 64. The Hall–Kier alpha value is -2.03. The molecule has 0 aromatic carbocycles. The maximum absolute atomic E-state index is 13.6. The summed E-state index contributed by atoms with van der Waals surface area (Å²) in [7, 11) is 1.19. The maximum Gasteiger partial charge on any atom is 0.306 e. The van der Waals surface area contributed by atoms with Gasteiger partial charge in [0.15, 0.2) is 0 Å². The van der Waals surface area contributed by atoms with Crippen molar-refractivity contribution in [1.82, 2.24) is 5.32 Å². The lowest BCUT2D eigenvalue weighted by Gasteiger charge is -2.30. The molecule has 0 spiro atoms. The Morgan fingerprint density at radius 1 is 0.432 bits per heavy atom. The third kappa shape index (κ3) is 62.3. The van der Waals surface area contributed by atoms with Crippen LogP contribution in [0, 0.1) is 0 Å². The molecular weight excluding hydrogens is 1020 g/mol. The average Bonchev–Trinajstić information content (AvgIpc) is 3.43. The van der Waals surface area contributed by atoms with Gasteiger partial charge in [0.2, 0.25) is 5.91 Å². The number of nitrogens with zero attached hydrogens (tertiary/aromatic N) is 1. The van der Waals surface area contributed by atoms with Gasteiger partial charge in [-0.15, -0.1) is 0 Å². The van der Waals surface area contributed by atoms with Gasteiger partial charge in [-0.2, -0.15) is 0 Å². The Morgan fingerprint density at radius 2 is 0.753 bits per heavy atom. The maximum atomic E-state index is 13.6. The van der Waals surface area contributed by atoms with E-state index >= 15 is 0 Å². The van der Waals surface area contributed by atoms with E-state index in [2.05, 4.69) is 62.5 Å². The number of likely N-dealkylation sites (N-methyl/N-ethyl adjacent to an activating group) is 1. The van der Waals surface area contributed by atoms with Crippen LogP contribution in [0.15, 0.2) is 48.6 Å². The number of phosphoric ester groups is 1. The Morgan fingerprint density at radius 3 is 1.15 bits per heavy atom. The van der Waals surface area contributed by atoms with Crippen LogP contribution in [0.5, 0.6) is 0 Å². The normalized spacial score (nSPS) is 13.8. The van der Waals surface area contributed by atoms with Crippen molar-refractivity contribution in [2.45, 2.75) is 354 Å². The van der Waals surface area contributed by atoms with Crippen LogP contribution in [0.4, 0.5) is 0 Å². The number of hydrogen-bond acceptors (Lipinski definition) is 7. The molecular formula is C71H135N2O7P. The fourth-order valence-corrected chi connectivity index (χ4v) is 11.0. The molecule has 0 fully saturated rings. The first-order valence-corrected chi connectivity index (χ1v) is 36.4. The Kier molecular flexibility index (Phi) is 59.5. The molecule has 0 aliphatic heterocycles. The molecule has 3 atom stereocenters. The van der Waals surface area contributed by atoms with Crippen LogP contribution in [-0.2, 0) is 27.9 Å². The minimum absolute atomic E-state index is 0.0213. The summed E-state index contributed by atoms with van der Waals surface area (Å²) in [6, 6.07) is -0.888. The number of ether oxygens (including phenoxy) is 1. The number of esters is 1. The highest BCUT2D eigenvalue weighted by Crippen LogP contribution is 2.38. The van der Waals surface area contributed by atoms with Crippen molar-refractivity contribution in [2.75, 3.05) is 40.9 Å². The Balaban J connectivity index is 5.01. The number of amides is 1. The SMILES string of the molecule is CCCCC/C=C\C/C=C\CCCCCCCCCCCCCCCCCC(=O)OC(/C=C\CCCCCCCCCCC)C(COP(=O)([O-])OCC[N+](C)(C)C)NC(=O)CCCCCCCCCCC/C=C/CCCCCCCC. The van der Waals surface area contributed by atoms with E-state index in [1.54, 1.807) is 0 Å². The monoisotopic (exact) mass is 1160 g/mol. The molecule has 1 amide bonds. The molecule has 0 aromatic rings. The number of carbonyl (C=O) groups is 2. The predicted molar refractivity (Wildman–Crippen MR) is 349 cm³/mol. The van der Waals surface area contributed by atoms with Crippen LogP contribution in [0.25, 0.3) is 0 Å². The molecule has 0 rings (SSSR count). The van der Waals surface area contributed by atoms with E-state index in [-0.39, 0.29) is 31.5 Å². The molecule has 0 aromatic heterocycles. The van der Waals surface area contributed by atoms with E-state index in [0.29, 0.717) is 17.4 Å². The van der Waals surface area contributed by atoms with Gasteiger partial charge in [0.1, 0.15) is 19.3 Å². The number of nitrogens with one attached hydrogen (secondary N) is 1. The molecule has 0 saturated heterocycles. The largest absolute Gasteiger partial charge is 0.756 e. The smallest absolute Gasteiger partial charge is 0.306 e. The lowest BCUT2D eigenvalue weighted by atomic mass is 10.0. The fraction of sp³-hybridized carbons (Fsp3) is 0.859. The van der Waals surface area contributed by atoms with Gasteiger partial charge in [-0.25, -0.2) is 0 Å². The minimum atomic E-state index is -4.70. The lowest BCUT2D eigenvalue weighted by molar-refractivity contribution is -0.870. The summed E-state index contributed by atoms with van der Waals surface area (Å²) in [5, 5.41) is 3.04. The highest BCUT2D eigenvalue weighted by atomic mass is 31.2. The van der Waals surface area contributed by atoms with Crippen molar-refractivity contribution < 1.29 is 37.3 Å². The third-order valence-corrected chi connectivity index (χ3v) is 16.7. The summed E-state index contributed by atoms with van der Waals surface area (Å²) >= 11 is 0. The van der Waals surface area contributed by atoms with E-state index in [0.717, 1.165) is 64.2 Å². The first-order chi connectivity index (χ1) is 39.4. The van der Waals surface area contributed by atoms with E-state index in [1.165, 1.54) is 244 Å². The first kappa shape index (κ1) is 79.0. The Labute approximate surface area is 503 Å². The summed E-state index contributed by atoms with van der Waals surface area (Å²) in [5.41, 5.74) is 0. The van der Waals surface area contributed by atoms with Crippen LogP contribution in [0.3, 0.4) is 0 Å². The molecule has 0 aliphatic carbocycles. The molecule has 81 heavy (non-hydrogen) atoms. The van der Waals surface area contributed by atoms with Gasteiger partial charge in [0.05, 0.1) is 33.8 Å². The second-order valence-electron chi connectivity index (χ2n) is 25.0.